The van der Waals surface area contributed by atoms with Crippen LogP contribution in [0.25, 0.3) is 11.1 Å². The minimum Gasteiger partial charge on any atom is -0.367 e. The molecule has 0 spiro atoms. The van der Waals surface area contributed by atoms with Gasteiger partial charge in [-0.1, -0.05) is 0 Å². The van der Waals surface area contributed by atoms with Crippen molar-refractivity contribution in [2.24, 2.45) is 11.8 Å². The number of piperazine rings is 1. The Morgan fingerprint density at radius 3 is 2.48 bits per heavy atom. The van der Waals surface area contributed by atoms with Gasteiger partial charge in [-0.3, -0.25) is 19.3 Å². The molecule has 0 radical (unpaired) electrons. The van der Waals surface area contributed by atoms with Gasteiger partial charge in [-0.15, -0.1) is 0 Å². The average molecular weight is 563 g/mol. The molecule has 3 aliphatic rings. The smallest absolute Gasteiger partial charge is 0.367 e. The van der Waals surface area contributed by atoms with E-state index in [1.165, 1.54) is 18.3 Å². The van der Waals surface area contributed by atoms with Crippen LogP contribution in [0.3, 0.4) is 0 Å². The molecule has 0 bridgehead atoms. The third kappa shape index (κ3) is 5.34. The van der Waals surface area contributed by atoms with Gasteiger partial charge in [0.15, 0.2) is 0 Å². The van der Waals surface area contributed by atoms with E-state index in [-0.39, 0.29) is 35.7 Å². The molecule has 1 aromatic heterocycles. The second kappa shape index (κ2) is 10.3. The molecule has 3 amide bonds. The number of rotatable bonds is 4. The lowest BCUT2D eigenvalue weighted by Crippen LogP contribution is -2.55. The van der Waals surface area contributed by atoms with Crippen molar-refractivity contribution in [2.75, 3.05) is 42.2 Å². The maximum atomic E-state index is 15.7. The van der Waals surface area contributed by atoms with E-state index in [0.717, 1.165) is 0 Å². The number of carbonyl (C=O) groups excluding carboxylic acids is 3. The molecule has 1 aromatic carbocycles. The topological polar surface area (TPSA) is 107 Å². The number of anilines is 3. The molecule has 2 saturated heterocycles. The quantitative estimate of drug-likeness (QED) is 0.495. The summed E-state index contributed by atoms with van der Waals surface area (Å²) in [4.78, 5) is 45.1. The number of carbonyl (C=O) groups is 3. The zero-order valence-electron chi connectivity index (χ0n) is 22.2. The Hall–Kier alpha value is -3.74. The predicted molar refractivity (Wildman–Crippen MR) is 140 cm³/mol. The Bertz CT molecular complexity index is 1350. The van der Waals surface area contributed by atoms with Crippen LogP contribution >= 0.6 is 0 Å². The Balaban J connectivity index is 1.54. The highest BCUT2D eigenvalue weighted by Gasteiger charge is 2.50. The summed E-state index contributed by atoms with van der Waals surface area (Å²) >= 11 is 0. The van der Waals surface area contributed by atoms with Crippen molar-refractivity contribution in [1.82, 2.24) is 15.2 Å². The fourth-order valence-corrected chi connectivity index (χ4v) is 5.63. The molecular weight excluding hydrogens is 532 g/mol. The van der Waals surface area contributed by atoms with Crippen LogP contribution in [-0.2, 0) is 20.8 Å². The number of halogens is 4. The summed E-state index contributed by atoms with van der Waals surface area (Å²) in [6.45, 7) is 4.56. The Kier molecular flexibility index (Phi) is 7.19. The number of piperidine rings is 1. The highest BCUT2D eigenvalue weighted by atomic mass is 19.4. The predicted octanol–water partition coefficient (Wildman–Crippen LogP) is 3.16. The molecule has 13 heteroatoms. The molecule has 3 aliphatic heterocycles. The number of fused-ring (bicyclic) bond motifs is 1. The van der Waals surface area contributed by atoms with E-state index >= 15 is 4.39 Å². The van der Waals surface area contributed by atoms with Crippen LogP contribution in [0.2, 0.25) is 0 Å². The third-order valence-corrected chi connectivity index (χ3v) is 8.10. The Labute approximate surface area is 228 Å². The number of nitrogens with one attached hydrogen (secondary N) is 3. The maximum Gasteiger partial charge on any atom is 0.393 e. The number of alkyl halides is 3. The zero-order chi connectivity index (χ0) is 28.9. The average Bonchev–Trinajstić information content (AvgIpc) is 3.26. The molecule has 2 aromatic rings. The van der Waals surface area contributed by atoms with Gasteiger partial charge in [-0.25, -0.2) is 9.37 Å². The normalized spacial score (nSPS) is 25.3. The van der Waals surface area contributed by atoms with Crippen LogP contribution < -0.4 is 20.9 Å². The van der Waals surface area contributed by atoms with E-state index < -0.39 is 48.6 Å². The van der Waals surface area contributed by atoms with Gasteiger partial charge < -0.3 is 20.9 Å². The van der Waals surface area contributed by atoms with E-state index in [1.807, 2.05) is 25.8 Å². The van der Waals surface area contributed by atoms with Gasteiger partial charge in [0.2, 0.25) is 17.7 Å². The first kappa shape index (κ1) is 27.8. The number of pyridine rings is 1. The van der Waals surface area contributed by atoms with Gasteiger partial charge >= 0.3 is 6.18 Å². The second-order valence-corrected chi connectivity index (χ2v) is 10.8. The molecule has 2 unspecified atom stereocenters. The van der Waals surface area contributed by atoms with Crippen LogP contribution in [0.1, 0.15) is 25.8 Å². The fourth-order valence-electron chi connectivity index (χ4n) is 5.63. The van der Waals surface area contributed by atoms with E-state index in [0.29, 0.717) is 35.7 Å². The minimum atomic E-state index is -4.75. The first-order valence-corrected chi connectivity index (χ1v) is 13.1. The summed E-state index contributed by atoms with van der Waals surface area (Å²) in [5.74, 6) is -5.84. The molecule has 4 heterocycles. The first-order valence-electron chi connectivity index (χ1n) is 13.1. The summed E-state index contributed by atoms with van der Waals surface area (Å²) in [7, 11) is 1.98. The summed E-state index contributed by atoms with van der Waals surface area (Å²) in [5, 5.41) is 7.60. The highest BCUT2D eigenvalue weighted by molar-refractivity contribution is 6.00. The lowest BCUT2D eigenvalue weighted by molar-refractivity contribution is -0.197. The largest absolute Gasteiger partial charge is 0.393 e. The maximum absolute atomic E-state index is 15.7. The first-order chi connectivity index (χ1) is 18.8. The van der Waals surface area contributed by atoms with Gasteiger partial charge in [-0.05, 0) is 39.1 Å². The number of benzene rings is 1. The van der Waals surface area contributed by atoms with Crippen LogP contribution in [0, 0.1) is 17.7 Å². The summed E-state index contributed by atoms with van der Waals surface area (Å²) in [6.07, 6.45) is -4.11. The highest BCUT2D eigenvalue weighted by Crippen LogP contribution is 2.40. The molecule has 40 heavy (non-hydrogen) atoms. The van der Waals surface area contributed by atoms with Crippen molar-refractivity contribution in [1.29, 1.82) is 0 Å². The zero-order valence-corrected chi connectivity index (χ0v) is 22.2. The van der Waals surface area contributed by atoms with E-state index in [2.05, 4.69) is 25.8 Å². The lowest BCUT2D eigenvalue weighted by Gasteiger charge is -2.44. The van der Waals surface area contributed by atoms with E-state index in [1.54, 1.807) is 6.07 Å². The van der Waals surface area contributed by atoms with Crippen molar-refractivity contribution >= 4 is 34.9 Å². The SMILES string of the molecule is C[C@@H]1CN(c2cc(F)c(-c3cnc4c(c3)CC(=O)N4)cc2NC(=O)C2CNC(=O)CC2C(F)(F)F)C[C@H](C)N1C. The number of aromatic nitrogens is 1. The second-order valence-electron chi connectivity index (χ2n) is 10.8. The number of hydrogen-bond donors (Lipinski definition) is 3. The Morgan fingerprint density at radius 2 is 1.80 bits per heavy atom. The van der Waals surface area contributed by atoms with Gasteiger partial charge in [-0.2, -0.15) is 13.2 Å². The molecule has 2 fully saturated rings. The van der Waals surface area contributed by atoms with Gasteiger partial charge in [0.25, 0.3) is 0 Å². The van der Waals surface area contributed by atoms with Crippen molar-refractivity contribution in [2.45, 2.75) is 44.9 Å². The van der Waals surface area contributed by atoms with Crippen molar-refractivity contribution < 1.29 is 31.9 Å². The molecule has 0 saturated carbocycles. The minimum absolute atomic E-state index is 0.0771. The summed E-state index contributed by atoms with van der Waals surface area (Å²) < 4.78 is 57.0. The van der Waals surface area contributed by atoms with E-state index in [9.17, 15) is 27.6 Å². The summed E-state index contributed by atoms with van der Waals surface area (Å²) in [6, 6.07) is 4.47. The lowest BCUT2D eigenvalue weighted by atomic mass is 9.84. The van der Waals surface area contributed by atoms with Gasteiger partial charge in [0.05, 0.1) is 29.6 Å². The summed E-state index contributed by atoms with van der Waals surface area (Å²) in [5.41, 5.74) is 1.51. The number of amides is 3. The van der Waals surface area contributed by atoms with Gasteiger partial charge in [0.1, 0.15) is 11.6 Å². The van der Waals surface area contributed by atoms with Crippen molar-refractivity contribution in [3.8, 4) is 11.1 Å². The van der Waals surface area contributed by atoms with Crippen molar-refractivity contribution in [3.63, 3.8) is 0 Å². The Morgan fingerprint density at radius 1 is 1.10 bits per heavy atom. The van der Waals surface area contributed by atoms with Crippen LogP contribution in [0.4, 0.5) is 34.8 Å². The molecule has 9 nitrogen and oxygen atoms in total. The van der Waals surface area contributed by atoms with E-state index in [4.69, 9.17) is 0 Å². The molecule has 214 valence electrons. The van der Waals surface area contributed by atoms with Crippen LogP contribution in [-0.4, -0.2) is 72.5 Å². The third-order valence-electron chi connectivity index (χ3n) is 8.10. The number of hydrogen-bond acceptors (Lipinski definition) is 6. The fraction of sp³-hybridized carbons (Fsp3) is 0.481. The van der Waals surface area contributed by atoms with Crippen LogP contribution in [0.15, 0.2) is 24.4 Å². The number of nitrogens with zero attached hydrogens (tertiary/aromatic N) is 3. The van der Waals surface area contributed by atoms with Crippen molar-refractivity contribution in [3.05, 3.63) is 35.8 Å². The molecule has 5 rings (SSSR count). The monoisotopic (exact) mass is 562 g/mol. The molecular formula is C27H30F4N6O3. The molecule has 4 atom stereocenters. The van der Waals surface area contributed by atoms with Gasteiger partial charge in [0, 0.05) is 61.0 Å². The molecule has 3 N–H and O–H groups in total. The van der Waals surface area contributed by atoms with Crippen LogP contribution in [0.5, 0.6) is 0 Å². The number of likely N-dealkylation sites (N-methyl/N-ethyl adjacent to an activating group) is 1. The molecule has 0 aliphatic carbocycles. The standard InChI is InChI=1S/C27H30F4N6O3/c1-13-11-37(12-14(2)36(13)3)22-8-20(28)17(16-4-15-5-24(39)35-25(15)33-9-16)6-21(22)34-26(40)18-10-32-23(38)7-19(18)27(29,30)31/h4,6,8-9,13-14,18-19H,5,7,10-12H2,1-3H3,(H,32,38)(H,34,40)(H,33,35,39)/t13-,14+,18?,19?.